The first kappa shape index (κ1) is 14.4. The van der Waals surface area contributed by atoms with E-state index in [-0.39, 0.29) is 5.91 Å². The zero-order valence-electron chi connectivity index (χ0n) is 11.1. The highest BCUT2D eigenvalue weighted by Gasteiger charge is 2.14. The molecule has 0 saturated heterocycles. The van der Waals surface area contributed by atoms with Gasteiger partial charge in [-0.2, -0.15) is 0 Å². The molecule has 0 unspecified atom stereocenters. The Bertz CT molecular complexity index is 397. The third-order valence-electron chi connectivity index (χ3n) is 3.52. The summed E-state index contributed by atoms with van der Waals surface area (Å²) in [7, 11) is 0. The average Bonchev–Trinajstić information content (AvgIpc) is 2.67. The van der Waals surface area contributed by atoms with Crippen LogP contribution in [0.5, 0.6) is 0 Å². The maximum Gasteiger partial charge on any atom is 0.239 e. The Morgan fingerprint density at radius 2 is 1.74 bits per heavy atom. The summed E-state index contributed by atoms with van der Waals surface area (Å²) >= 11 is 3.39. The van der Waals surface area contributed by atoms with E-state index in [4.69, 9.17) is 0 Å². The molecular weight excluding hydrogens is 304 g/mol. The Morgan fingerprint density at radius 3 is 2.37 bits per heavy atom. The first-order chi connectivity index (χ1) is 9.24. The number of anilines is 1. The van der Waals surface area contributed by atoms with Gasteiger partial charge < -0.3 is 10.6 Å². The molecule has 2 N–H and O–H groups in total. The van der Waals surface area contributed by atoms with E-state index in [0.717, 1.165) is 23.0 Å². The third kappa shape index (κ3) is 5.23. The van der Waals surface area contributed by atoms with Crippen molar-refractivity contribution in [3.63, 3.8) is 0 Å². The minimum Gasteiger partial charge on any atom is -0.376 e. The molecule has 1 fully saturated rings. The number of carbonyl (C=O) groups excluding carboxylic acids is 1. The van der Waals surface area contributed by atoms with Crippen LogP contribution in [0.1, 0.15) is 38.5 Å². The van der Waals surface area contributed by atoms with Crippen LogP contribution < -0.4 is 10.6 Å². The minimum absolute atomic E-state index is 0.0924. The molecule has 0 aromatic heterocycles. The van der Waals surface area contributed by atoms with Crippen molar-refractivity contribution in [1.82, 2.24) is 5.32 Å². The van der Waals surface area contributed by atoms with E-state index in [1.807, 2.05) is 24.3 Å². The second-order valence-corrected chi connectivity index (χ2v) is 6.03. The summed E-state index contributed by atoms with van der Waals surface area (Å²) in [6.45, 7) is 0.345. The van der Waals surface area contributed by atoms with Crippen molar-refractivity contribution < 1.29 is 4.79 Å². The molecule has 0 radical (unpaired) electrons. The Kier molecular flexibility index (Phi) is 5.70. The quantitative estimate of drug-likeness (QED) is 0.829. The van der Waals surface area contributed by atoms with Gasteiger partial charge in [-0.3, -0.25) is 4.79 Å². The first-order valence-corrected chi connectivity index (χ1v) is 7.82. The number of hydrogen-bond acceptors (Lipinski definition) is 2. The zero-order valence-corrected chi connectivity index (χ0v) is 12.7. The Labute approximate surface area is 123 Å². The summed E-state index contributed by atoms with van der Waals surface area (Å²) in [5, 5.41) is 6.27. The number of rotatable bonds is 4. The van der Waals surface area contributed by atoms with E-state index in [9.17, 15) is 4.79 Å². The van der Waals surface area contributed by atoms with Gasteiger partial charge in [-0.15, -0.1) is 0 Å². The Balaban J connectivity index is 1.73. The lowest BCUT2D eigenvalue weighted by Gasteiger charge is -2.16. The van der Waals surface area contributed by atoms with Gasteiger partial charge in [0.2, 0.25) is 5.91 Å². The third-order valence-corrected chi connectivity index (χ3v) is 4.05. The van der Waals surface area contributed by atoms with E-state index in [1.165, 1.54) is 25.7 Å². The fourth-order valence-corrected chi connectivity index (χ4v) is 2.72. The Hall–Kier alpha value is -1.03. The van der Waals surface area contributed by atoms with E-state index in [1.54, 1.807) is 0 Å². The van der Waals surface area contributed by atoms with Gasteiger partial charge in [0.1, 0.15) is 0 Å². The molecule has 104 valence electrons. The topological polar surface area (TPSA) is 41.1 Å². The van der Waals surface area contributed by atoms with Gasteiger partial charge >= 0.3 is 0 Å². The lowest BCUT2D eigenvalue weighted by atomic mass is 10.1. The summed E-state index contributed by atoms with van der Waals surface area (Å²) in [4.78, 5) is 11.9. The minimum atomic E-state index is 0.0924. The van der Waals surface area contributed by atoms with Gasteiger partial charge in [-0.25, -0.2) is 0 Å². The van der Waals surface area contributed by atoms with Crippen molar-refractivity contribution in [3.8, 4) is 0 Å². The maximum atomic E-state index is 11.9. The second-order valence-electron chi connectivity index (χ2n) is 5.12. The molecule has 0 heterocycles. The van der Waals surface area contributed by atoms with Gasteiger partial charge in [-0.1, -0.05) is 41.6 Å². The number of halogens is 1. The van der Waals surface area contributed by atoms with E-state index in [0.29, 0.717) is 12.6 Å². The number of nitrogens with one attached hydrogen (secondary N) is 2. The van der Waals surface area contributed by atoms with Gasteiger partial charge in [0, 0.05) is 16.2 Å². The molecule has 0 aliphatic heterocycles. The number of carbonyl (C=O) groups is 1. The largest absolute Gasteiger partial charge is 0.376 e. The van der Waals surface area contributed by atoms with Crippen molar-refractivity contribution in [1.29, 1.82) is 0 Å². The van der Waals surface area contributed by atoms with Crippen LogP contribution in [-0.2, 0) is 4.79 Å². The molecule has 1 aromatic carbocycles. The van der Waals surface area contributed by atoms with Crippen molar-refractivity contribution in [2.24, 2.45) is 0 Å². The number of benzene rings is 1. The lowest BCUT2D eigenvalue weighted by molar-refractivity contribution is -0.120. The van der Waals surface area contributed by atoms with Crippen LogP contribution in [0.25, 0.3) is 0 Å². The average molecular weight is 325 g/mol. The highest BCUT2D eigenvalue weighted by Crippen LogP contribution is 2.17. The van der Waals surface area contributed by atoms with Crippen LogP contribution in [0.15, 0.2) is 28.7 Å². The van der Waals surface area contributed by atoms with Gasteiger partial charge in [0.25, 0.3) is 0 Å². The smallest absolute Gasteiger partial charge is 0.239 e. The summed E-state index contributed by atoms with van der Waals surface area (Å²) in [5.41, 5.74) is 0.971. The number of amides is 1. The van der Waals surface area contributed by atoms with Crippen molar-refractivity contribution in [3.05, 3.63) is 28.7 Å². The van der Waals surface area contributed by atoms with Gasteiger partial charge in [0.05, 0.1) is 6.54 Å². The number of hydrogen-bond donors (Lipinski definition) is 2. The molecule has 3 nitrogen and oxygen atoms in total. The highest BCUT2D eigenvalue weighted by atomic mass is 79.9. The molecule has 1 aliphatic carbocycles. The highest BCUT2D eigenvalue weighted by molar-refractivity contribution is 9.10. The zero-order chi connectivity index (χ0) is 13.5. The van der Waals surface area contributed by atoms with Crippen LogP contribution in [0.3, 0.4) is 0 Å². The fourth-order valence-electron chi connectivity index (χ4n) is 2.45. The van der Waals surface area contributed by atoms with Crippen molar-refractivity contribution in [2.75, 3.05) is 11.9 Å². The molecular formula is C15H21BrN2O. The summed E-state index contributed by atoms with van der Waals surface area (Å²) < 4.78 is 1.04. The van der Waals surface area contributed by atoms with Crippen molar-refractivity contribution in [2.45, 2.75) is 44.6 Å². The van der Waals surface area contributed by atoms with Gasteiger partial charge in [0.15, 0.2) is 0 Å². The second kappa shape index (κ2) is 7.53. The van der Waals surface area contributed by atoms with Crippen molar-refractivity contribution >= 4 is 27.5 Å². The van der Waals surface area contributed by atoms with Gasteiger partial charge in [-0.05, 0) is 37.1 Å². The summed E-state index contributed by atoms with van der Waals surface area (Å²) in [6, 6.07) is 8.23. The lowest BCUT2D eigenvalue weighted by Crippen LogP contribution is -2.38. The predicted octanol–water partition coefficient (Wildman–Crippen LogP) is 3.70. The maximum absolute atomic E-state index is 11.9. The SMILES string of the molecule is O=C(CNc1ccc(Br)cc1)NC1CCCCCC1. The first-order valence-electron chi connectivity index (χ1n) is 7.03. The molecule has 1 amide bonds. The molecule has 2 rings (SSSR count). The van der Waals surface area contributed by atoms with Crippen LogP contribution in [-0.4, -0.2) is 18.5 Å². The molecule has 0 spiro atoms. The normalized spacial score (nSPS) is 16.7. The summed E-state index contributed by atoms with van der Waals surface area (Å²) in [6.07, 6.45) is 7.36. The molecule has 1 aromatic rings. The fraction of sp³-hybridized carbons (Fsp3) is 0.533. The van der Waals surface area contributed by atoms with Crippen LogP contribution in [0, 0.1) is 0 Å². The Morgan fingerprint density at radius 1 is 1.11 bits per heavy atom. The van der Waals surface area contributed by atoms with E-state index >= 15 is 0 Å². The molecule has 0 bridgehead atoms. The van der Waals surface area contributed by atoms with Crippen LogP contribution in [0.2, 0.25) is 0 Å². The standard InChI is InChI=1S/C15H21BrN2O/c16-12-7-9-13(10-8-12)17-11-15(19)18-14-5-3-1-2-4-6-14/h7-10,14,17H,1-6,11H2,(H,18,19). The van der Waals surface area contributed by atoms with E-state index < -0.39 is 0 Å². The van der Waals surface area contributed by atoms with E-state index in [2.05, 4.69) is 26.6 Å². The summed E-state index contributed by atoms with van der Waals surface area (Å²) in [5.74, 6) is 0.0924. The molecule has 0 atom stereocenters. The monoisotopic (exact) mass is 324 g/mol. The molecule has 1 saturated carbocycles. The molecule has 4 heteroatoms. The molecule has 19 heavy (non-hydrogen) atoms. The van der Waals surface area contributed by atoms with Crippen LogP contribution >= 0.6 is 15.9 Å². The van der Waals surface area contributed by atoms with Crippen LogP contribution in [0.4, 0.5) is 5.69 Å². The molecule has 1 aliphatic rings. The predicted molar refractivity (Wildman–Crippen MR) is 82.3 cm³/mol.